The van der Waals surface area contributed by atoms with Gasteiger partial charge in [-0.05, 0) is 102 Å². The summed E-state index contributed by atoms with van der Waals surface area (Å²) in [4.78, 5) is 26.5. The van der Waals surface area contributed by atoms with E-state index in [-0.39, 0.29) is 42.1 Å². The zero-order valence-electron chi connectivity index (χ0n) is 38.5. The van der Waals surface area contributed by atoms with Crippen LogP contribution in [0.25, 0.3) is 33.4 Å². The molecule has 0 spiro atoms. The van der Waals surface area contributed by atoms with Crippen LogP contribution in [0.1, 0.15) is 94.9 Å². The minimum atomic E-state index is -0.882. The van der Waals surface area contributed by atoms with Gasteiger partial charge in [-0.2, -0.15) is 5.06 Å². The molecule has 2 aromatic heterocycles. The first-order chi connectivity index (χ1) is 30.7. The summed E-state index contributed by atoms with van der Waals surface area (Å²) < 4.78 is 3.86. The Balaban J connectivity index is 0.00000288. The molecule has 6 aromatic carbocycles. The van der Waals surface area contributed by atoms with Crippen LogP contribution >= 0.6 is 0 Å². The minimum absolute atomic E-state index is 0. The number of benzene rings is 6. The Morgan fingerprint density at radius 2 is 1.38 bits per heavy atom. The third kappa shape index (κ3) is 7.67. The number of hydrogen-bond donors (Lipinski definition) is 0. The maximum atomic E-state index is 14.6. The second-order valence-electron chi connectivity index (χ2n) is 18.1. The van der Waals surface area contributed by atoms with Crippen LogP contribution in [-0.2, 0) is 28.9 Å². The van der Waals surface area contributed by atoms with Crippen molar-refractivity contribution in [3.63, 3.8) is 0 Å². The van der Waals surface area contributed by atoms with E-state index < -0.39 is 11.1 Å². The van der Waals surface area contributed by atoms with E-state index in [1.54, 1.807) is 0 Å². The predicted molar refractivity (Wildman–Crippen MR) is 250 cm³/mol. The molecule has 8 aromatic rings. The number of tetrazole rings is 1. The molecule has 0 radical (unpaired) electrons. The largest absolute Gasteiger partial charge is 1.00 e. The molecule has 2 aliphatic heterocycles. The fraction of sp³-hybridized carbons (Fsp3) is 0.278. The Morgan fingerprint density at radius 3 is 1.98 bits per heavy atom. The second-order valence-corrected chi connectivity index (χ2v) is 18.1. The van der Waals surface area contributed by atoms with Crippen LogP contribution in [-0.4, -0.2) is 46.4 Å². The molecule has 0 aliphatic carbocycles. The molecule has 2 fully saturated rings. The van der Waals surface area contributed by atoms with Crippen LogP contribution in [0.3, 0.4) is 0 Å². The van der Waals surface area contributed by atoms with Gasteiger partial charge in [-0.15, -0.1) is 5.10 Å². The van der Waals surface area contributed by atoms with Crippen molar-refractivity contribution in [1.29, 1.82) is 0 Å². The number of aromatic nitrogens is 6. The van der Waals surface area contributed by atoms with Gasteiger partial charge in [-0.3, -0.25) is 14.2 Å². The zero-order chi connectivity index (χ0) is 43.2. The summed E-state index contributed by atoms with van der Waals surface area (Å²) in [6.07, 6.45) is 5.82. The number of hydroxylamine groups is 2. The molecule has 2 atom stereocenters. The number of rotatable bonds is 12. The molecule has 0 saturated carbocycles. The summed E-state index contributed by atoms with van der Waals surface area (Å²) in [6.45, 7) is 9.26. The topological polar surface area (TPSA) is 91.0 Å². The van der Waals surface area contributed by atoms with Gasteiger partial charge in [0.25, 0.3) is 5.56 Å². The molecular formula is C54H54N7NaO2. The molecule has 2 aliphatic rings. The zero-order valence-corrected chi connectivity index (χ0v) is 39.5. The fourth-order valence-electron chi connectivity index (χ4n) is 10.2. The van der Waals surface area contributed by atoms with Gasteiger partial charge in [0.1, 0.15) is 17.0 Å². The first-order valence-electron chi connectivity index (χ1n) is 22.4. The Bertz CT molecular complexity index is 2860. The Labute approximate surface area is 398 Å². The second kappa shape index (κ2) is 17.8. The SMILES string of the molecule is CCCCc1nc2ccc(C3(C)CC4CCC(C)(C)N4O3)cc2c(=O)n1Cc1ccc(-c2ccccc2-c2nnnn2C(c2ccccc2)(c2ccccc2)c2ccccc2)cc1.[H-].[Na+]. The molecule has 2 unspecified atom stereocenters. The summed E-state index contributed by atoms with van der Waals surface area (Å²) in [6, 6.07) is 54.7. The van der Waals surface area contributed by atoms with E-state index in [0.29, 0.717) is 23.8 Å². The number of hydrogen-bond acceptors (Lipinski definition) is 7. The van der Waals surface area contributed by atoms with Crippen molar-refractivity contribution in [1.82, 2.24) is 34.8 Å². The first kappa shape index (κ1) is 43.7. The van der Waals surface area contributed by atoms with E-state index in [1.807, 2.05) is 45.6 Å². The van der Waals surface area contributed by atoms with E-state index >= 15 is 0 Å². The monoisotopic (exact) mass is 855 g/mol. The fourth-order valence-corrected chi connectivity index (χ4v) is 10.2. The van der Waals surface area contributed by atoms with Crippen LogP contribution in [0.2, 0.25) is 0 Å². The average Bonchev–Trinajstić information content (AvgIpc) is 4.03. The van der Waals surface area contributed by atoms with Crippen molar-refractivity contribution in [3.8, 4) is 22.5 Å². The molecule has 318 valence electrons. The van der Waals surface area contributed by atoms with E-state index in [0.717, 1.165) is 94.4 Å². The van der Waals surface area contributed by atoms with Crippen LogP contribution in [0, 0.1) is 0 Å². The van der Waals surface area contributed by atoms with Gasteiger partial charge in [0.05, 0.1) is 17.4 Å². The van der Waals surface area contributed by atoms with Crippen molar-refractivity contribution in [2.45, 2.75) is 95.5 Å². The van der Waals surface area contributed by atoms with Crippen LogP contribution in [0.15, 0.2) is 163 Å². The van der Waals surface area contributed by atoms with E-state index in [4.69, 9.17) is 20.1 Å². The number of aryl methyl sites for hydroxylation is 1. The Hall–Kier alpha value is -5.55. The van der Waals surface area contributed by atoms with Crippen molar-refractivity contribution in [2.24, 2.45) is 0 Å². The molecular weight excluding hydrogens is 802 g/mol. The van der Waals surface area contributed by atoms with Gasteiger partial charge in [-0.25, -0.2) is 9.67 Å². The van der Waals surface area contributed by atoms with Gasteiger partial charge in [0, 0.05) is 30.0 Å². The van der Waals surface area contributed by atoms with E-state index in [1.165, 1.54) is 0 Å². The molecule has 2 saturated heterocycles. The van der Waals surface area contributed by atoms with Crippen molar-refractivity contribution in [2.75, 3.05) is 0 Å². The number of unbranched alkanes of at least 4 members (excludes halogenated alkanes) is 1. The summed E-state index contributed by atoms with van der Waals surface area (Å²) in [5, 5.41) is 16.8. The summed E-state index contributed by atoms with van der Waals surface area (Å²) >= 11 is 0. The van der Waals surface area contributed by atoms with Crippen LogP contribution in [0.5, 0.6) is 0 Å². The molecule has 64 heavy (non-hydrogen) atoms. The van der Waals surface area contributed by atoms with Gasteiger partial charge in [0.15, 0.2) is 5.82 Å². The van der Waals surface area contributed by atoms with Crippen molar-refractivity contribution in [3.05, 3.63) is 202 Å². The van der Waals surface area contributed by atoms with Crippen molar-refractivity contribution >= 4 is 10.9 Å². The number of nitrogens with zero attached hydrogens (tertiary/aromatic N) is 7. The van der Waals surface area contributed by atoms with Gasteiger partial charge < -0.3 is 1.43 Å². The van der Waals surface area contributed by atoms with Crippen molar-refractivity contribution < 1.29 is 35.8 Å². The molecule has 10 heteroatoms. The third-order valence-electron chi connectivity index (χ3n) is 13.5. The smallest absolute Gasteiger partial charge is 1.00 e. The molecule has 9 nitrogen and oxygen atoms in total. The Morgan fingerprint density at radius 1 is 0.766 bits per heavy atom. The standard InChI is InChI=1S/C54H53N7O2.Na.H/c1-5-6-26-49-55-48-32-31-43(53(4)36-44-33-34-52(2,3)61(44)63-53)35-47(48)51(62)59(49)37-38-27-29-39(30-28-38)45-24-16-17-25-46(45)50-56-57-58-60(50)54(40-18-10-7-11-19-40,41-20-12-8-13-21-41)42-22-14-9-15-23-42;;/h7-25,27-32,35,44H,5-6,26,33-34,36-37H2,1-4H3;;/q;+1;-1. The van der Waals surface area contributed by atoms with E-state index in [2.05, 4.69) is 159 Å². The average molecular weight is 856 g/mol. The normalized spacial score (nSPS) is 18.2. The quantitative estimate of drug-likeness (QED) is 0.0914. The van der Waals surface area contributed by atoms with Crippen LogP contribution < -0.4 is 35.1 Å². The van der Waals surface area contributed by atoms with Crippen LogP contribution in [0.4, 0.5) is 0 Å². The molecule has 0 bridgehead atoms. The molecule has 4 heterocycles. The predicted octanol–water partition coefficient (Wildman–Crippen LogP) is 7.86. The first-order valence-corrected chi connectivity index (χ1v) is 22.4. The third-order valence-corrected chi connectivity index (χ3v) is 13.5. The van der Waals surface area contributed by atoms with Gasteiger partial charge >= 0.3 is 29.6 Å². The molecule has 0 amide bonds. The minimum Gasteiger partial charge on any atom is -1.00 e. The molecule has 0 N–H and O–H groups in total. The summed E-state index contributed by atoms with van der Waals surface area (Å²) in [5.74, 6) is 1.45. The Kier molecular flexibility index (Phi) is 12.1. The maximum absolute atomic E-state index is 14.6. The summed E-state index contributed by atoms with van der Waals surface area (Å²) in [7, 11) is 0. The summed E-state index contributed by atoms with van der Waals surface area (Å²) in [5.41, 5.74) is 7.39. The maximum Gasteiger partial charge on any atom is 1.00 e. The van der Waals surface area contributed by atoms with Gasteiger partial charge in [0.2, 0.25) is 0 Å². The molecule has 10 rings (SSSR count). The van der Waals surface area contributed by atoms with E-state index in [9.17, 15) is 4.79 Å². The van der Waals surface area contributed by atoms with Gasteiger partial charge in [-0.1, -0.05) is 159 Å². The number of fused-ring (bicyclic) bond motifs is 2.